The molecule has 0 N–H and O–H groups in total. The highest BCUT2D eigenvalue weighted by atomic mass is 16.3. The van der Waals surface area contributed by atoms with E-state index < -0.39 is 90.6 Å². The molecule has 39 heavy (non-hydrogen) atoms. The van der Waals surface area contributed by atoms with Gasteiger partial charge in [-0.15, -0.1) is 0 Å². The maximum absolute atomic E-state index is 9.37. The quantitative estimate of drug-likeness (QED) is 0.229. The molecule has 0 aliphatic heterocycles. The van der Waals surface area contributed by atoms with Gasteiger partial charge in [-0.05, 0) is 59.5 Å². The molecule has 3 nitrogen and oxygen atoms in total. The maximum atomic E-state index is 9.37. The fourth-order valence-corrected chi connectivity index (χ4v) is 4.98. The van der Waals surface area contributed by atoms with Gasteiger partial charge in [0.2, 0.25) is 0 Å². The number of benzene rings is 6. The minimum absolute atomic E-state index is 0.0631. The zero-order valence-electron chi connectivity index (χ0n) is 36.6. The summed E-state index contributed by atoms with van der Waals surface area (Å²) < 4.78 is 159. The Morgan fingerprint density at radius 2 is 1.05 bits per heavy atom. The molecule has 0 aliphatic rings. The van der Waals surface area contributed by atoms with E-state index in [1.807, 2.05) is 0 Å². The first-order chi connectivity index (χ1) is 26.4. The third kappa shape index (κ3) is 2.93. The maximum Gasteiger partial charge on any atom is 0.137 e. The minimum Gasteiger partial charge on any atom is -0.456 e. The van der Waals surface area contributed by atoms with Crippen LogP contribution in [-0.4, -0.2) is 4.57 Å². The van der Waals surface area contributed by atoms with Gasteiger partial charge in [0.15, 0.2) is 0 Å². The van der Waals surface area contributed by atoms with Crippen molar-refractivity contribution in [2.24, 2.45) is 0 Å². The van der Waals surface area contributed by atoms with Gasteiger partial charge in [0.1, 0.15) is 22.3 Å². The van der Waals surface area contributed by atoms with Gasteiger partial charge in [0.05, 0.1) is 34.3 Å². The number of aromatic nitrogens is 1. The van der Waals surface area contributed by atoms with E-state index in [2.05, 4.69) is 0 Å². The van der Waals surface area contributed by atoms with E-state index in [0.29, 0.717) is 0 Å². The van der Waals surface area contributed by atoms with E-state index in [1.54, 1.807) is 0 Å². The number of fused-ring (bicyclic) bond motifs is 9. The molecular formula is C36H21NO2. The van der Waals surface area contributed by atoms with Crippen molar-refractivity contribution in [3.8, 4) is 16.8 Å². The molecule has 0 aliphatic carbocycles. The Hall–Kier alpha value is -5.28. The Morgan fingerprint density at radius 1 is 0.436 bits per heavy atom. The lowest BCUT2D eigenvalue weighted by atomic mass is 10.0. The van der Waals surface area contributed by atoms with Crippen molar-refractivity contribution >= 4 is 65.7 Å². The van der Waals surface area contributed by atoms with Crippen LogP contribution in [0.2, 0.25) is 0 Å². The number of hydrogen-bond donors (Lipinski definition) is 0. The van der Waals surface area contributed by atoms with Crippen molar-refractivity contribution in [2.45, 2.75) is 0 Å². The van der Waals surface area contributed by atoms with Crippen molar-refractivity contribution in [1.29, 1.82) is 0 Å². The molecule has 3 aromatic heterocycles. The lowest BCUT2D eigenvalue weighted by Crippen LogP contribution is -1.93. The van der Waals surface area contributed by atoms with Crippen LogP contribution in [0.3, 0.4) is 0 Å². The summed E-state index contributed by atoms with van der Waals surface area (Å²) in [4.78, 5) is 0. The molecule has 0 spiro atoms. The number of hydrogen-bond acceptors (Lipinski definition) is 2. The number of para-hydroxylation sites is 3. The Balaban J connectivity index is 1.37. The molecule has 0 radical (unpaired) electrons. The lowest BCUT2D eigenvalue weighted by Gasteiger charge is -2.09. The van der Waals surface area contributed by atoms with Crippen LogP contribution in [-0.2, 0) is 0 Å². The Kier molecular flexibility index (Phi) is 2.05. The molecule has 0 atom stereocenters. The third-order valence-corrected chi connectivity index (χ3v) is 6.72. The zero-order valence-corrected chi connectivity index (χ0v) is 19.6. The molecule has 0 amide bonds. The molecule has 6 aromatic carbocycles. The van der Waals surface area contributed by atoms with Crippen LogP contribution in [0.1, 0.15) is 23.3 Å². The van der Waals surface area contributed by atoms with Crippen molar-refractivity contribution in [1.82, 2.24) is 4.57 Å². The van der Waals surface area contributed by atoms with E-state index in [1.165, 1.54) is 28.8 Å². The molecule has 0 saturated heterocycles. The molecule has 9 rings (SSSR count). The predicted molar refractivity (Wildman–Crippen MR) is 161 cm³/mol. The average molecular weight is 517 g/mol. The molecule has 3 heterocycles. The van der Waals surface area contributed by atoms with E-state index in [0.717, 1.165) is 0 Å². The topological polar surface area (TPSA) is 31.2 Å². The van der Waals surface area contributed by atoms with E-state index in [9.17, 15) is 2.74 Å². The van der Waals surface area contributed by atoms with E-state index in [-0.39, 0.29) is 94.6 Å². The fraction of sp³-hybridized carbons (Fsp3) is 0. The van der Waals surface area contributed by atoms with Crippen molar-refractivity contribution < 1.29 is 32.1 Å². The van der Waals surface area contributed by atoms with Crippen molar-refractivity contribution in [3.63, 3.8) is 0 Å². The molecule has 0 unspecified atom stereocenters. The number of nitrogens with zero attached hydrogens (tertiary/aromatic N) is 1. The molecule has 0 fully saturated rings. The standard InChI is InChI=1S/C36H21NO2/c1-4-10-31-25(7-1)28-20-30-27-9-3-6-12-34(27)39-36(30)21-32(28)37(31)24-16-13-22(14-17-24)23-15-18-35-29(19-23)26-8-2-5-11-33(26)38-35/h1-21H/i1D,2D,3D,4D,5D,6D,7D,8D,9D,10D,11D,12D,15D,18D,19D,20D,21D. The van der Waals surface area contributed by atoms with Crippen molar-refractivity contribution in [3.05, 3.63) is 127 Å². The summed E-state index contributed by atoms with van der Waals surface area (Å²) in [5, 5.41) is -0.679. The van der Waals surface area contributed by atoms with Gasteiger partial charge in [-0.1, -0.05) is 72.6 Å². The summed E-state index contributed by atoms with van der Waals surface area (Å²) in [5.74, 6) is 0. The largest absolute Gasteiger partial charge is 0.456 e. The summed E-state index contributed by atoms with van der Waals surface area (Å²) in [6.45, 7) is 0. The van der Waals surface area contributed by atoms with E-state index in [4.69, 9.17) is 29.4 Å². The number of rotatable bonds is 2. The van der Waals surface area contributed by atoms with Crippen LogP contribution >= 0.6 is 0 Å². The van der Waals surface area contributed by atoms with Gasteiger partial charge in [0.25, 0.3) is 0 Å². The number of furan rings is 2. The first kappa shape index (κ1) is 10.5. The molecule has 0 bridgehead atoms. The molecular weight excluding hydrogens is 478 g/mol. The van der Waals surface area contributed by atoms with Gasteiger partial charge in [-0.25, -0.2) is 0 Å². The lowest BCUT2D eigenvalue weighted by molar-refractivity contribution is 0.668. The molecule has 182 valence electrons. The van der Waals surface area contributed by atoms with Gasteiger partial charge < -0.3 is 13.4 Å². The van der Waals surface area contributed by atoms with Crippen LogP contribution < -0.4 is 0 Å². The first-order valence-electron chi connectivity index (χ1n) is 20.3. The monoisotopic (exact) mass is 516 g/mol. The van der Waals surface area contributed by atoms with Gasteiger partial charge >= 0.3 is 0 Å². The van der Waals surface area contributed by atoms with Crippen LogP contribution in [0.5, 0.6) is 0 Å². The Morgan fingerprint density at radius 3 is 1.82 bits per heavy atom. The van der Waals surface area contributed by atoms with Crippen LogP contribution in [0.4, 0.5) is 0 Å². The summed E-state index contributed by atoms with van der Waals surface area (Å²) in [6.07, 6.45) is 0. The zero-order chi connectivity index (χ0) is 40.3. The second-order valence-corrected chi connectivity index (χ2v) is 8.85. The molecule has 3 heteroatoms. The van der Waals surface area contributed by atoms with Crippen LogP contribution in [0, 0.1) is 0 Å². The summed E-state index contributed by atoms with van der Waals surface area (Å²) in [5.41, 5.74) is -0.864. The average Bonchev–Trinajstić information content (AvgIpc) is 3.90. The highest BCUT2D eigenvalue weighted by Crippen LogP contribution is 2.39. The summed E-state index contributed by atoms with van der Waals surface area (Å²) >= 11 is 0. The first-order valence-corrected chi connectivity index (χ1v) is 11.8. The van der Waals surface area contributed by atoms with Gasteiger partial charge in [-0.2, -0.15) is 0 Å². The van der Waals surface area contributed by atoms with Gasteiger partial charge in [0, 0.05) is 44.0 Å². The van der Waals surface area contributed by atoms with Gasteiger partial charge in [-0.3, -0.25) is 0 Å². The van der Waals surface area contributed by atoms with Crippen LogP contribution in [0.25, 0.3) is 82.5 Å². The molecule has 9 aromatic rings. The molecule has 0 saturated carbocycles. The van der Waals surface area contributed by atoms with Crippen molar-refractivity contribution in [2.75, 3.05) is 0 Å². The highest BCUT2D eigenvalue weighted by Gasteiger charge is 2.16. The van der Waals surface area contributed by atoms with E-state index >= 15 is 0 Å². The summed E-state index contributed by atoms with van der Waals surface area (Å²) in [7, 11) is 0. The normalized spacial score (nSPS) is 18.2. The SMILES string of the molecule is [2H]c1c([2H])c([2H])c2c(oc3c([2H])c([2H])c(-c4ccc(-n5c6c([2H])c([2H])c([2H])c([2H])c6c6c([2H])c7c(oc8c([2H])c([2H])c([2H])c([2H])c87)c([2H])c65)cc4)c([2H])c32)c1[2H]. The highest BCUT2D eigenvalue weighted by molar-refractivity contribution is 6.17. The fourth-order valence-electron chi connectivity index (χ4n) is 4.98. The Bertz CT molecular complexity index is 3330. The predicted octanol–water partition coefficient (Wildman–Crippen LogP) is 10.2. The summed E-state index contributed by atoms with van der Waals surface area (Å²) in [6, 6.07) is -2.59. The second kappa shape index (κ2) is 7.62. The smallest absolute Gasteiger partial charge is 0.137 e. The Labute approximate surface area is 247 Å². The van der Waals surface area contributed by atoms with Crippen LogP contribution in [0.15, 0.2) is 136 Å². The second-order valence-electron chi connectivity index (χ2n) is 8.85. The third-order valence-electron chi connectivity index (χ3n) is 6.72. The minimum atomic E-state index is -0.605.